The van der Waals surface area contributed by atoms with E-state index in [1.807, 2.05) is 51.1 Å². The molecule has 0 saturated heterocycles. The first-order valence-electron chi connectivity index (χ1n) is 6.11. The van der Waals surface area contributed by atoms with Crippen LogP contribution in [0.15, 0.2) is 43.0 Å². The van der Waals surface area contributed by atoms with Crippen LogP contribution in [0.2, 0.25) is 0 Å². The summed E-state index contributed by atoms with van der Waals surface area (Å²) in [6.07, 6.45) is 1.58. The van der Waals surface area contributed by atoms with Crippen LogP contribution in [0.1, 0.15) is 32.4 Å². The van der Waals surface area contributed by atoms with Gasteiger partial charge in [-0.3, -0.25) is 4.21 Å². The average molecular weight is 266 g/mol. The van der Waals surface area contributed by atoms with Gasteiger partial charge in [-0.25, -0.2) is 0 Å². The van der Waals surface area contributed by atoms with E-state index in [-0.39, 0.29) is 10.9 Å². The normalized spacial score (nSPS) is 15.1. The molecule has 1 rings (SSSR count). The van der Waals surface area contributed by atoms with Gasteiger partial charge in [0.1, 0.15) is 0 Å². The largest absolute Gasteiger partial charge is 0.369 e. The number of rotatable bonds is 6. The predicted octanol–water partition coefficient (Wildman–Crippen LogP) is 3.48. The van der Waals surface area contributed by atoms with Crippen molar-refractivity contribution in [2.45, 2.75) is 31.6 Å². The summed E-state index contributed by atoms with van der Waals surface area (Å²) in [7, 11) is -0.931. The van der Waals surface area contributed by atoms with Crippen LogP contribution in [0.4, 0.5) is 0 Å². The smallest absolute Gasteiger partial charge is 0.0944 e. The molecule has 0 bridgehead atoms. The molecule has 0 N–H and O–H groups in total. The minimum atomic E-state index is -0.931. The average Bonchev–Trinajstić information content (AvgIpc) is 2.34. The molecule has 0 aliphatic rings. The molecule has 1 aromatic rings. The first-order valence-corrected chi connectivity index (χ1v) is 7.43. The molecule has 2 nitrogen and oxygen atoms in total. The minimum absolute atomic E-state index is 0.135. The highest BCUT2D eigenvalue weighted by molar-refractivity contribution is 7.86. The van der Waals surface area contributed by atoms with Gasteiger partial charge in [0.05, 0.1) is 18.5 Å². The molecule has 0 fully saturated rings. The van der Waals surface area contributed by atoms with E-state index in [0.29, 0.717) is 12.4 Å². The second-order valence-corrected chi connectivity index (χ2v) is 7.40. The maximum atomic E-state index is 12.2. The monoisotopic (exact) mass is 266 g/mol. The molecule has 0 aromatic heterocycles. The lowest BCUT2D eigenvalue weighted by Crippen LogP contribution is -2.27. The van der Waals surface area contributed by atoms with Crippen molar-refractivity contribution >= 4 is 10.8 Å². The van der Waals surface area contributed by atoms with Gasteiger partial charge in [0, 0.05) is 15.5 Å². The number of ether oxygens (including phenoxy) is 1. The zero-order valence-corrected chi connectivity index (χ0v) is 12.2. The van der Waals surface area contributed by atoms with Crippen LogP contribution in [0.5, 0.6) is 0 Å². The van der Waals surface area contributed by atoms with Gasteiger partial charge in [-0.05, 0) is 26.3 Å². The molecule has 0 heterocycles. The topological polar surface area (TPSA) is 26.3 Å². The van der Waals surface area contributed by atoms with Crippen LogP contribution in [-0.4, -0.2) is 21.3 Å². The summed E-state index contributed by atoms with van der Waals surface area (Å²) < 4.78 is 17.7. The first-order chi connectivity index (χ1) is 8.45. The molecule has 0 aliphatic carbocycles. The summed E-state index contributed by atoms with van der Waals surface area (Å²) in [6, 6.07) is 9.93. The second-order valence-electron chi connectivity index (χ2n) is 5.15. The van der Waals surface area contributed by atoms with E-state index in [4.69, 9.17) is 4.74 Å². The van der Waals surface area contributed by atoms with Gasteiger partial charge >= 0.3 is 0 Å². The summed E-state index contributed by atoms with van der Waals surface area (Å²) in [5.41, 5.74) is 1.07. The molecular formula is C15H22O2S. The van der Waals surface area contributed by atoms with Gasteiger partial charge in [0.25, 0.3) is 0 Å². The molecule has 0 saturated carbocycles. The van der Waals surface area contributed by atoms with Crippen LogP contribution in [0.25, 0.3) is 0 Å². The van der Waals surface area contributed by atoms with E-state index in [9.17, 15) is 4.21 Å². The second kappa shape index (κ2) is 6.86. The van der Waals surface area contributed by atoms with Crippen molar-refractivity contribution in [1.82, 2.24) is 0 Å². The summed E-state index contributed by atoms with van der Waals surface area (Å²) in [5.74, 6) is 0.515. The molecule has 0 aliphatic heterocycles. The van der Waals surface area contributed by atoms with Gasteiger partial charge in [-0.2, -0.15) is 0 Å². The molecule has 1 aromatic carbocycles. The van der Waals surface area contributed by atoms with Crippen molar-refractivity contribution in [3.8, 4) is 0 Å². The van der Waals surface area contributed by atoms with Gasteiger partial charge < -0.3 is 4.74 Å². The SMILES string of the molecule is C=CCO[C@@H](CS(=O)C(C)(C)C)c1ccccc1. The Morgan fingerprint density at radius 2 is 1.94 bits per heavy atom. The molecule has 18 heavy (non-hydrogen) atoms. The fourth-order valence-electron chi connectivity index (χ4n) is 1.48. The van der Waals surface area contributed by atoms with Crippen LogP contribution in [0.3, 0.4) is 0 Å². The Bertz CT molecular complexity index is 393. The van der Waals surface area contributed by atoms with Crippen molar-refractivity contribution in [2.24, 2.45) is 0 Å². The molecule has 1 unspecified atom stereocenters. The highest BCUT2D eigenvalue weighted by Gasteiger charge is 2.24. The van der Waals surface area contributed by atoms with E-state index in [2.05, 4.69) is 6.58 Å². The quantitative estimate of drug-likeness (QED) is 0.737. The van der Waals surface area contributed by atoms with E-state index >= 15 is 0 Å². The summed E-state index contributed by atoms with van der Waals surface area (Å²) in [4.78, 5) is 0. The fourth-order valence-corrected chi connectivity index (χ4v) is 2.54. The van der Waals surface area contributed by atoms with Gasteiger partial charge in [0.15, 0.2) is 0 Å². The summed E-state index contributed by atoms with van der Waals surface area (Å²) in [5, 5.41) is 0. The summed E-state index contributed by atoms with van der Waals surface area (Å²) in [6.45, 7) is 10.1. The standard InChI is InChI=1S/C15H22O2S/c1-5-11-17-14(12-18(16)15(2,3)4)13-9-7-6-8-10-13/h5-10,14H,1,11-12H2,2-4H3/t14-,18?/m0/s1. The Labute approximate surface area is 113 Å². The third kappa shape index (κ3) is 4.75. The number of hydrogen-bond acceptors (Lipinski definition) is 2. The van der Waals surface area contributed by atoms with E-state index < -0.39 is 10.8 Å². The zero-order valence-electron chi connectivity index (χ0n) is 11.4. The molecule has 2 atom stereocenters. The Kier molecular flexibility index (Phi) is 5.76. The highest BCUT2D eigenvalue weighted by atomic mass is 32.2. The van der Waals surface area contributed by atoms with Crippen molar-refractivity contribution < 1.29 is 8.95 Å². The fraction of sp³-hybridized carbons (Fsp3) is 0.467. The highest BCUT2D eigenvalue weighted by Crippen LogP contribution is 2.22. The lowest BCUT2D eigenvalue weighted by molar-refractivity contribution is 0.0914. The molecular weight excluding hydrogens is 244 g/mol. The van der Waals surface area contributed by atoms with Crippen LogP contribution < -0.4 is 0 Å². The third-order valence-electron chi connectivity index (χ3n) is 2.57. The van der Waals surface area contributed by atoms with Crippen molar-refractivity contribution in [2.75, 3.05) is 12.4 Å². The molecule has 0 amide bonds. The lowest BCUT2D eigenvalue weighted by Gasteiger charge is -2.23. The lowest BCUT2D eigenvalue weighted by atomic mass is 10.1. The van der Waals surface area contributed by atoms with Gasteiger partial charge in [-0.1, -0.05) is 36.4 Å². The molecule has 0 spiro atoms. The molecule has 0 radical (unpaired) electrons. The Morgan fingerprint density at radius 1 is 1.33 bits per heavy atom. The number of hydrogen-bond donors (Lipinski definition) is 0. The van der Waals surface area contributed by atoms with E-state index in [1.54, 1.807) is 6.08 Å². The van der Waals surface area contributed by atoms with E-state index in [1.165, 1.54) is 0 Å². The molecule has 100 valence electrons. The third-order valence-corrected chi connectivity index (χ3v) is 4.54. The van der Waals surface area contributed by atoms with Crippen molar-refractivity contribution in [3.63, 3.8) is 0 Å². The minimum Gasteiger partial charge on any atom is -0.369 e. The van der Waals surface area contributed by atoms with Gasteiger partial charge in [0.2, 0.25) is 0 Å². The van der Waals surface area contributed by atoms with Crippen molar-refractivity contribution in [3.05, 3.63) is 48.6 Å². The van der Waals surface area contributed by atoms with Crippen LogP contribution in [0, 0.1) is 0 Å². The zero-order chi connectivity index (χ0) is 13.6. The van der Waals surface area contributed by atoms with Gasteiger partial charge in [-0.15, -0.1) is 6.58 Å². The van der Waals surface area contributed by atoms with Crippen molar-refractivity contribution in [1.29, 1.82) is 0 Å². The Hall–Kier alpha value is -0.930. The Morgan fingerprint density at radius 3 is 2.44 bits per heavy atom. The van der Waals surface area contributed by atoms with E-state index in [0.717, 1.165) is 5.56 Å². The maximum Gasteiger partial charge on any atom is 0.0944 e. The Balaban J connectivity index is 2.80. The summed E-state index contributed by atoms with van der Waals surface area (Å²) >= 11 is 0. The predicted molar refractivity (Wildman–Crippen MR) is 78.1 cm³/mol. The number of benzene rings is 1. The van der Waals surface area contributed by atoms with Crippen LogP contribution >= 0.6 is 0 Å². The van der Waals surface area contributed by atoms with Crippen LogP contribution in [-0.2, 0) is 15.5 Å². The molecule has 3 heteroatoms. The maximum absolute atomic E-state index is 12.2. The first kappa shape index (κ1) is 15.1.